The standard InChI is InChI=1S/C18H13F4N3O3S2/c19-15-9-13(18(20,21)22)4-1-12(15)10-24-16(26)11-2-5-14(6-3-11)30(27,28)25-17-23-7-8-29-17/h1-9H,10H2,(H,23,25)(H,24,26). The van der Waals surface area contributed by atoms with Gasteiger partial charge in [-0.15, -0.1) is 11.3 Å². The van der Waals surface area contributed by atoms with E-state index in [1.165, 1.54) is 30.5 Å². The van der Waals surface area contributed by atoms with Crippen molar-refractivity contribution in [1.82, 2.24) is 10.3 Å². The number of thiazole rings is 1. The van der Waals surface area contributed by atoms with Crippen LogP contribution in [0.25, 0.3) is 0 Å². The molecule has 30 heavy (non-hydrogen) atoms. The number of rotatable bonds is 6. The molecule has 2 N–H and O–H groups in total. The highest BCUT2D eigenvalue weighted by Gasteiger charge is 2.31. The van der Waals surface area contributed by atoms with Gasteiger partial charge in [0, 0.05) is 29.2 Å². The Balaban J connectivity index is 1.65. The van der Waals surface area contributed by atoms with Crippen LogP contribution in [0.2, 0.25) is 0 Å². The number of hydrogen-bond acceptors (Lipinski definition) is 5. The molecule has 158 valence electrons. The second-order valence-corrected chi connectivity index (χ2v) is 8.53. The van der Waals surface area contributed by atoms with Gasteiger partial charge >= 0.3 is 6.18 Å². The molecule has 1 heterocycles. The van der Waals surface area contributed by atoms with Crippen LogP contribution in [-0.2, 0) is 22.7 Å². The maximum Gasteiger partial charge on any atom is 0.416 e. The Hall–Kier alpha value is -2.99. The minimum absolute atomic E-state index is 0.0931. The SMILES string of the molecule is O=C(NCc1ccc(C(F)(F)F)cc1F)c1ccc(S(=O)(=O)Nc2nccs2)cc1. The van der Waals surface area contributed by atoms with Crippen molar-refractivity contribution >= 4 is 32.4 Å². The summed E-state index contributed by atoms with van der Waals surface area (Å²) in [6.45, 7) is -0.339. The molecule has 0 fully saturated rings. The van der Waals surface area contributed by atoms with Crippen molar-refractivity contribution in [3.8, 4) is 0 Å². The van der Waals surface area contributed by atoms with Crippen molar-refractivity contribution in [3.63, 3.8) is 0 Å². The number of aromatic nitrogens is 1. The number of nitrogens with one attached hydrogen (secondary N) is 2. The number of anilines is 1. The van der Waals surface area contributed by atoms with Crippen LogP contribution in [0.1, 0.15) is 21.5 Å². The van der Waals surface area contributed by atoms with E-state index in [4.69, 9.17) is 0 Å². The molecule has 0 saturated carbocycles. The van der Waals surface area contributed by atoms with Crippen molar-refractivity contribution in [2.75, 3.05) is 4.72 Å². The molecule has 12 heteroatoms. The maximum absolute atomic E-state index is 13.8. The van der Waals surface area contributed by atoms with Gasteiger partial charge in [-0.05, 0) is 36.4 Å². The first-order valence-corrected chi connectivity index (χ1v) is 10.6. The average Bonchev–Trinajstić information content (AvgIpc) is 3.18. The summed E-state index contributed by atoms with van der Waals surface area (Å²) in [5.74, 6) is -1.74. The molecule has 0 unspecified atom stereocenters. The summed E-state index contributed by atoms with van der Waals surface area (Å²) in [5, 5.41) is 4.17. The highest BCUT2D eigenvalue weighted by molar-refractivity contribution is 7.93. The lowest BCUT2D eigenvalue weighted by Gasteiger charge is -2.10. The molecule has 0 atom stereocenters. The number of hydrogen-bond donors (Lipinski definition) is 2. The first kappa shape index (κ1) is 21.7. The molecule has 0 bridgehead atoms. The number of sulfonamides is 1. The molecular weight excluding hydrogens is 446 g/mol. The molecule has 0 radical (unpaired) electrons. The van der Waals surface area contributed by atoms with Crippen LogP contribution >= 0.6 is 11.3 Å². The second kappa shape index (κ2) is 8.40. The molecule has 3 rings (SSSR count). The van der Waals surface area contributed by atoms with Crippen LogP contribution in [0.15, 0.2) is 58.9 Å². The summed E-state index contributed by atoms with van der Waals surface area (Å²) < 4.78 is 78.4. The van der Waals surface area contributed by atoms with Crippen LogP contribution < -0.4 is 10.0 Å². The Kier molecular flexibility index (Phi) is 6.08. The Morgan fingerprint density at radius 1 is 1.10 bits per heavy atom. The van der Waals surface area contributed by atoms with E-state index in [9.17, 15) is 30.8 Å². The number of benzene rings is 2. The Labute approximate surface area is 172 Å². The van der Waals surface area contributed by atoms with Gasteiger partial charge in [0.2, 0.25) is 0 Å². The monoisotopic (exact) mass is 459 g/mol. The van der Waals surface area contributed by atoms with Crippen molar-refractivity contribution in [1.29, 1.82) is 0 Å². The molecule has 0 saturated heterocycles. The first-order chi connectivity index (χ1) is 14.1. The molecular formula is C18H13F4N3O3S2. The fourth-order valence-corrected chi connectivity index (χ4v) is 4.17. The topological polar surface area (TPSA) is 88.2 Å². The zero-order valence-electron chi connectivity index (χ0n) is 14.9. The molecule has 1 amide bonds. The second-order valence-electron chi connectivity index (χ2n) is 5.95. The van der Waals surface area contributed by atoms with Gasteiger partial charge in [0.25, 0.3) is 15.9 Å². The Morgan fingerprint density at radius 3 is 2.37 bits per heavy atom. The number of amides is 1. The third-order valence-corrected chi connectivity index (χ3v) is 6.07. The minimum Gasteiger partial charge on any atom is -0.348 e. The summed E-state index contributed by atoms with van der Waals surface area (Å²) in [6, 6.07) is 6.96. The third kappa shape index (κ3) is 5.13. The largest absolute Gasteiger partial charge is 0.416 e. The maximum atomic E-state index is 13.8. The molecule has 0 aliphatic carbocycles. The molecule has 0 spiro atoms. The van der Waals surface area contributed by atoms with E-state index in [1.807, 2.05) is 0 Å². The fraction of sp³-hybridized carbons (Fsp3) is 0.111. The van der Waals surface area contributed by atoms with E-state index in [-0.39, 0.29) is 27.7 Å². The van der Waals surface area contributed by atoms with Gasteiger partial charge in [-0.25, -0.2) is 17.8 Å². The van der Waals surface area contributed by atoms with Gasteiger partial charge in [-0.3, -0.25) is 9.52 Å². The van der Waals surface area contributed by atoms with Crippen LogP contribution in [0, 0.1) is 5.82 Å². The van der Waals surface area contributed by atoms with Crippen molar-refractivity contribution in [2.45, 2.75) is 17.6 Å². The number of halogens is 4. The first-order valence-electron chi connectivity index (χ1n) is 8.22. The van der Waals surface area contributed by atoms with Crippen LogP contribution in [0.4, 0.5) is 22.7 Å². The highest BCUT2D eigenvalue weighted by atomic mass is 32.2. The van der Waals surface area contributed by atoms with Gasteiger partial charge in [0.05, 0.1) is 10.5 Å². The van der Waals surface area contributed by atoms with E-state index in [0.717, 1.165) is 23.5 Å². The lowest BCUT2D eigenvalue weighted by molar-refractivity contribution is -0.137. The van der Waals surface area contributed by atoms with Crippen LogP contribution in [0.3, 0.4) is 0 Å². The summed E-state index contributed by atoms with van der Waals surface area (Å²) in [7, 11) is -3.88. The Morgan fingerprint density at radius 2 is 1.80 bits per heavy atom. The molecule has 0 aliphatic heterocycles. The molecule has 1 aromatic heterocycles. The van der Waals surface area contributed by atoms with Crippen LogP contribution in [0.5, 0.6) is 0 Å². The number of nitrogens with zero attached hydrogens (tertiary/aromatic N) is 1. The number of carbonyl (C=O) groups is 1. The highest BCUT2D eigenvalue weighted by Crippen LogP contribution is 2.30. The van der Waals surface area contributed by atoms with Gasteiger partial charge in [-0.2, -0.15) is 13.2 Å². The van der Waals surface area contributed by atoms with Crippen molar-refractivity contribution < 1.29 is 30.8 Å². The zero-order chi connectivity index (χ0) is 21.9. The van der Waals surface area contributed by atoms with Crippen molar-refractivity contribution in [2.24, 2.45) is 0 Å². The lowest BCUT2D eigenvalue weighted by Crippen LogP contribution is -2.23. The fourth-order valence-electron chi connectivity index (χ4n) is 2.38. The summed E-state index contributed by atoms with van der Waals surface area (Å²) in [6.07, 6.45) is -3.23. The molecule has 0 aliphatic rings. The average molecular weight is 459 g/mol. The van der Waals surface area contributed by atoms with E-state index in [2.05, 4.69) is 15.0 Å². The van der Waals surface area contributed by atoms with Gasteiger partial charge < -0.3 is 5.32 Å². The Bertz CT molecular complexity index is 1150. The van der Waals surface area contributed by atoms with Crippen molar-refractivity contribution in [3.05, 3.63) is 76.5 Å². The number of carbonyl (C=O) groups excluding carboxylic acids is 1. The quantitative estimate of drug-likeness (QED) is 0.545. The molecule has 3 aromatic rings. The predicted molar refractivity (Wildman–Crippen MR) is 102 cm³/mol. The van der Waals surface area contributed by atoms with E-state index in [1.54, 1.807) is 5.38 Å². The van der Waals surface area contributed by atoms with Gasteiger partial charge in [0.1, 0.15) is 5.82 Å². The lowest BCUT2D eigenvalue weighted by atomic mass is 10.1. The van der Waals surface area contributed by atoms with E-state index >= 15 is 0 Å². The molecule has 2 aromatic carbocycles. The number of alkyl halides is 3. The van der Waals surface area contributed by atoms with Gasteiger partial charge in [0.15, 0.2) is 5.13 Å². The van der Waals surface area contributed by atoms with E-state index in [0.29, 0.717) is 6.07 Å². The summed E-state index contributed by atoms with van der Waals surface area (Å²) >= 11 is 1.10. The minimum atomic E-state index is -4.67. The van der Waals surface area contributed by atoms with E-state index < -0.39 is 33.5 Å². The van der Waals surface area contributed by atoms with Gasteiger partial charge in [-0.1, -0.05) is 6.07 Å². The zero-order valence-corrected chi connectivity index (χ0v) is 16.5. The smallest absolute Gasteiger partial charge is 0.348 e. The predicted octanol–water partition coefficient (Wildman–Crippen LogP) is 4.03. The normalized spacial score (nSPS) is 11.9. The third-order valence-electron chi connectivity index (χ3n) is 3.90. The summed E-state index contributed by atoms with van der Waals surface area (Å²) in [5.41, 5.74) is -1.16. The summed E-state index contributed by atoms with van der Waals surface area (Å²) in [4.78, 5) is 15.9. The van der Waals surface area contributed by atoms with Crippen LogP contribution in [-0.4, -0.2) is 19.3 Å². The molecule has 6 nitrogen and oxygen atoms in total.